The molecule has 2 amide bonds. The number of nitrogens with zero attached hydrogens (tertiary/aromatic N) is 3. The molecule has 0 aliphatic carbocycles. The molecule has 0 bridgehead atoms. The number of thioether (sulfide) groups is 1. The van der Waals surface area contributed by atoms with Crippen LogP contribution in [0.15, 0.2) is 53.7 Å². The molecule has 2 aromatic carbocycles. The first-order valence-electron chi connectivity index (χ1n) is 9.25. The maximum Gasteiger partial charge on any atom is 0.234 e. The molecule has 0 atom stereocenters. The normalized spacial score (nSPS) is 10.6. The summed E-state index contributed by atoms with van der Waals surface area (Å²) < 4.78 is 1.84. The minimum Gasteiger partial charge on any atom is -0.326 e. The number of benzene rings is 2. The molecular formula is C21H23N5O2S. The SMILES string of the molecule is CCC(=O)Nc1cccc(-c2nnc(SCC(=O)Nc3cccc(C)c3)n2C)c1. The number of hydrogen-bond acceptors (Lipinski definition) is 5. The summed E-state index contributed by atoms with van der Waals surface area (Å²) >= 11 is 1.32. The monoisotopic (exact) mass is 409 g/mol. The molecular weight excluding hydrogens is 386 g/mol. The van der Waals surface area contributed by atoms with E-state index in [4.69, 9.17) is 0 Å². The van der Waals surface area contributed by atoms with Gasteiger partial charge in [-0.15, -0.1) is 10.2 Å². The molecule has 0 aliphatic rings. The zero-order valence-electron chi connectivity index (χ0n) is 16.6. The molecule has 0 saturated heterocycles. The van der Waals surface area contributed by atoms with Gasteiger partial charge in [0.2, 0.25) is 11.8 Å². The summed E-state index contributed by atoms with van der Waals surface area (Å²) in [4.78, 5) is 23.8. The molecule has 3 aromatic rings. The van der Waals surface area contributed by atoms with E-state index in [-0.39, 0.29) is 17.6 Å². The van der Waals surface area contributed by atoms with Crippen LogP contribution < -0.4 is 10.6 Å². The van der Waals surface area contributed by atoms with E-state index >= 15 is 0 Å². The van der Waals surface area contributed by atoms with Crippen LogP contribution in [0.2, 0.25) is 0 Å². The van der Waals surface area contributed by atoms with Crippen molar-refractivity contribution in [3.05, 3.63) is 54.1 Å². The van der Waals surface area contributed by atoms with Crippen molar-refractivity contribution in [3.63, 3.8) is 0 Å². The summed E-state index contributed by atoms with van der Waals surface area (Å²) in [5.74, 6) is 0.747. The van der Waals surface area contributed by atoms with Gasteiger partial charge in [-0.05, 0) is 36.8 Å². The lowest BCUT2D eigenvalue weighted by atomic mass is 10.2. The topological polar surface area (TPSA) is 88.9 Å². The fraction of sp³-hybridized carbons (Fsp3) is 0.238. The maximum atomic E-state index is 12.2. The van der Waals surface area contributed by atoms with Crippen LogP contribution >= 0.6 is 11.8 Å². The third-order valence-electron chi connectivity index (χ3n) is 4.19. The summed E-state index contributed by atoms with van der Waals surface area (Å²) in [6.07, 6.45) is 0.416. The molecule has 7 nitrogen and oxygen atoms in total. The molecule has 0 fully saturated rings. The lowest BCUT2D eigenvalue weighted by Gasteiger charge is -2.08. The Kier molecular flexibility index (Phi) is 6.66. The lowest BCUT2D eigenvalue weighted by molar-refractivity contribution is -0.116. The van der Waals surface area contributed by atoms with Gasteiger partial charge >= 0.3 is 0 Å². The Morgan fingerprint density at radius 2 is 1.69 bits per heavy atom. The maximum absolute atomic E-state index is 12.2. The smallest absolute Gasteiger partial charge is 0.234 e. The van der Waals surface area contributed by atoms with Gasteiger partial charge in [-0.3, -0.25) is 9.59 Å². The van der Waals surface area contributed by atoms with Crippen molar-refractivity contribution in [3.8, 4) is 11.4 Å². The van der Waals surface area contributed by atoms with Crippen molar-refractivity contribution in [1.82, 2.24) is 14.8 Å². The second kappa shape index (κ2) is 9.38. The van der Waals surface area contributed by atoms with Crippen molar-refractivity contribution in [1.29, 1.82) is 0 Å². The van der Waals surface area contributed by atoms with E-state index in [9.17, 15) is 9.59 Å². The van der Waals surface area contributed by atoms with Gasteiger partial charge in [-0.1, -0.05) is 43.0 Å². The van der Waals surface area contributed by atoms with E-state index < -0.39 is 0 Å². The molecule has 0 unspecified atom stereocenters. The molecule has 0 saturated carbocycles. The standard InChI is InChI=1S/C21H23N5O2S/c1-4-18(27)22-17-10-6-8-15(12-17)20-24-25-21(26(20)3)29-13-19(28)23-16-9-5-7-14(2)11-16/h5-12H,4,13H2,1-3H3,(H,22,27)(H,23,28). The first kappa shape index (κ1) is 20.6. The van der Waals surface area contributed by atoms with Crippen molar-refractivity contribution in [2.45, 2.75) is 25.4 Å². The Morgan fingerprint density at radius 1 is 1.00 bits per heavy atom. The highest BCUT2D eigenvalue weighted by Gasteiger charge is 2.14. The van der Waals surface area contributed by atoms with Gasteiger partial charge in [0.25, 0.3) is 0 Å². The van der Waals surface area contributed by atoms with Crippen LogP contribution in [0.5, 0.6) is 0 Å². The Labute approximate surface area is 173 Å². The van der Waals surface area contributed by atoms with Crippen molar-refractivity contribution in [2.75, 3.05) is 16.4 Å². The highest BCUT2D eigenvalue weighted by Crippen LogP contribution is 2.25. The molecule has 0 aliphatic heterocycles. The van der Waals surface area contributed by atoms with Gasteiger partial charge in [-0.25, -0.2) is 0 Å². The number of hydrogen-bond donors (Lipinski definition) is 2. The lowest BCUT2D eigenvalue weighted by Crippen LogP contribution is -2.14. The van der Waals surface area contributed by atoms with E-state index in [0.29, 0.717) is 23.1 Å². The third kappa shape index (κ3) is 5.45. The molecule has 1 aromatic heterocycles. The van der Waals surface area contributed by atoms with Crippen LogP contribution in [0.3, 0.4) is 0 Å². The molecule has 150 valence electrons. The van der Waals surface area contributed by atoms with Crippen molar-refractivity contribution in [2.24, 2.45) is 7.05 Å². The van der Waals surface area contributed by atoms with E-state index in [2.05, 4.69) is 20.8 Å². The van der Waals surface area contributed by atoms with E-state index in [0.717, 1.165) is 16.8 Å². The van der Waals surface area contributed by atoms with Crippen LogP contribution in [0, 0.1) is 6.92 Å². The zero-order chi connectivity index (χ0) is 20.8. The van der Waals surface area contributed by atoms with Crippen LogP contribution in [0.4, 0.5) is 11.4 Å². The number of aromatic nitrogens is 3. The van der Waals surface area contributed by atoms with E-state index in [1.54, 1.807) is 6.92 Å². The van der Waals surface area contributed by atoms with Crippen LogP contribution in [-0.2, 0) is 16.6 Å². The Morgan fingerprint density at radius 3 is 2.41 bits per heavy atom. The summed E-state index contributed by atoms with van der Waals surface area (Å²) in [5.41, 5.74) is 3.42. The van der Waals surface area contributed by atoms with Gasteiger partial charge in [-0.2, -0.15) is 0 Å². The second-order valence-corrected chi connectivity index (χ2v) is 7.50. The van der Waals surface area contributed by atoms with Crippen molar-refractivity contribution >= 4 is 35.0 Å². The molecule has 1 heterocycles. The zero-order valence-corrected chi connectivity index (χ0v) is 17.4. The second-order valence-electron chi connectivity index (χ2n) is 6.55. The molecule has 0 radical (unpaired) electrons. The highest BCUT2D eigenvalue weighted by atomic mass is 32.2. The summed E-state index contributed by atoms with van der Waals surface area (Å²) in [7, 11) is 1.85. The molecule has 8 heteroatoms. The molecule has 0 spiro atoms. The first-order chi connectivity index (χ1) is 14.0. The third-order valence-corrected chi connectivity index (χ3v) is 5.21. The van der Waals surface area contributed by atoms with Crippen LogP contribution in [0.1, 0.15) is 18.9 Å². The predicted molar refractivity (Wildman–Crippen MR) is 116 cm³/mol. The first-order valence-corrected chi connectivity index (χ1v) is 10.2. The van der Waals surface area contributed by atoms with Crippen molar-refractivity contribution < 1.29 is 9.59 Å². The fourth-order valence-corrected chi connectivity index (χ4v) is 3.44. The summed E-state index contributed by atoms with van der Waals surface area (Å²) in [5, 5.41) is 14.8. The highest BCUT2D eigenvalue weighted by molar-refractivity contribution is 7.99. The summed E-state index contributed by atoms with van der Waals surface area (Å²) in [6.45, 7) is 3.79. The van der Waals surface area contributed by atoms with E-state index in [1.807, 2.05) is 67.1 Å². The molecule has 3 rings (SSSR count). The van der Waals surface area contributed by atoms with E-state index in [1.165, 1.54) is 11.8 Å². The quantitative estimate of drug-likeness (QED) is 0.578. The number of carbonyl (C=O) groups excluding carboxylic acids is 2. The Balaban J connectivity index is 1.66. The number of nitrogens with one attached hydrogen (secondary N) is 2. The van der Waals surface area contributed by atoms with Crippen LogP contribution in [0.25, 0.3) is 11.4 Å². The van der Waals surface area contributed by atoms with Gasteiger partial charge < -0.3 is 15.2 Å². The number of amides is 2. The molecule has 29 heavy (non-hydrogen) atoms. The Bertz CT molecular complexity index is 1030. The molecule has 2 N–H and O–H groups in total. The minimum atomic E-state index is -0.102. The van der Waals surface area contributed by atoms with Gasteiger partial charge in [0.05, 0.1) is 5.75 Å². The number of carbonyl (C=O) groups is 2. The van der Waals surface area contributed by atoms with Crippen LogP contribution in [-0.4, -0.2) is 32.3 Å². The number of rotatable bonds is 7. The largest absolute Gasteiger partial charge is 0.326 e. The van der Waals surface area contributed by atoms with Gasteiger partial charge in [0.15, 0.2) is 11.0 Å². The average Bonchev–Trinajstić information content (AvgIpc) is 3.07. The minimum absolute atomic E-state index is 0.0454. The number of anilines is 2. The van der Waals surface area contributed by atoms with Gasteiger partial charge in [0.1, 0.15) is 0 Å². The number of aryl methyl sites for hydroxylation is 1. The summed E-state index contributed by atoms with van der Waals surface area (Å²) in [6, 6.07) is 15.1. The average molecular weight is 410 g/mol. The predicted octanol–water partition coefficient (Wildman–Crippen LogP) is 3.87. The van der Waals surface area contributed by atoms with Gasteiger partial charge in [0, 0.05) is 30.4 Å². The Hall–Kier alpha value is -3.13. The fourth-order valence-electron chi connectivity index (χ4n) is 2.73.